The van der Waals surface area contributed by atoms with Crippen LogP contribution in [0, 0.1) is 11.7 Å². The molecule has 10 nitrogen and oxygen atoms in total. The number of nitrogens with zero attached hydrogens (tertiary/aromatic N) is 4. The van der Waals surface area contributed by atoms with Crippen LogP contribution in [0.15, 0.2) is 53.7 Å². The first-order valence-corrected chi connectivity index (χ1v) is 13.3. The molecule has 11 heteroatoms. The van der Waals surface area contributed by atoms with Gasteiger partial charge >= 0.3 is 6.03 Å². The number of carbonyl (C=O) groups excluding carboxylic acids is 1. The van der Waals surface area contributed by atoms with E-state index in [0.717, 1.165) is 42.8 Å². The van der Waals surface area contributed by atoms with Crippen LogP contribution in [-0.4, -0.2) is 61.3 Å². The van der Waals surface area contributed by atoms with Gasteiger partial charge in [-0.1, -0.05) is 6.07 Å². The Labute approximate surface area is 222 Å². The maximum atomic E-state index is 15.0. The molecule has 0 aliphatic carbocycles. The highest BCUT2D eigenvalue weighted by atomic mass is 19.1. The third-order valence-corrected chi connectivity index (χ3v) is 8.00. The molecule has 1 fully saturated rings. The first-order valence-electron chi connectivity index (χ1n) is 13.3. The number of aromatic nitrogens is 5. The number of benzene rings is 1. The maximum Gasteiger partial charge on any atom is 0.317 e. The highest BCUT2D eigenvalue weighted by Gasteiger charge is 2.27. The number of nitrogens with one attached hydrogen (secondary N) is 4. The smallest absolute Gasteiger partial charge is 0.317 e. The van der Waals surface area contributed by atoms with E-state index in [4.69, 9.17) is 0 Å². The summed E-state index contributed by atoms with van der Waals surface area (Å²) in [5.41, 5.74) is 4.38. The van der Waals surface area contributed by atoms with Crippen LogP contribution in [0.2, 0.25) is 0 Å². The van der Waals surface area contributed by atoms with Crippen molar-refractivity contribution < 1.29 is 9.18 Å². The molecule has 0 spiro atoms. The number of amides is 2. The molecule has 0 atom stereocenters. The molecule has 39 heavy (non-hydrogen) atoms. The third-order valence-electron chi connectivity index (χ3n) is 8.00. The summed E-state index contributed by atoms with van der Waals surface area (Å²) < 4.78 is 19.0. The molecule has 200 valence electrons. The molecular weight excluding hydrogens is 499 g/mol. The van der Waals surface area contributed by atoms with Crippen molar-refractivity contribution in [1.82, 2.24) is 39.7 Å². The van der Waals surface area contributed by atoms with E-state index in [1.807, 2.05) is 39.6 Å². The normalized spacial score (nSPS) is 16.2. The zero-order chi connectivity index (χ0) is 26.5. The molecule has 1 aromatic carbocycles. The van der Waals surface area contributed by atoms with Gasteiger partial charge in [-0.25, -0.2) is 14.2 Å². The van der Waals surface area contributed by atoms with Crippen molar-refractivity contribution in [2.75, 3.05) is 26.2 Å². The Kier molecular flexibility index (Phi) is 5.73. The number of imidazole rings is 1. The monoisotopic (exact) mass is 528 g/mol. The SMILES string of the molecule is O=C(NCC1CCNCC1)N1CCn2cc(-c3c(-c4cnc5ccccn45)[nH][nH]c3=O)c3cc(F)cc(c32)C1. The molecule has 6 heterocycles. The van der Waals surface area contributed by atoms with Gasteiger partial charge < -0.3 is 20.1 Å². The summed E-state index contributed by atoms with van der Waals surface area (Å²) in [4.78, 5) is 32.4. The lowest BCUT2D eigenvalue weighted by Gasteiger charge is -2.26. The first-order chi connectivity index (χ1) is 19.1. The number of aromatic amines is 2. The summed E-state index contributed by atoms with van der Waals surface area (Å²) in [5.74, 6) is 0.0673. The van der Waals surface area contributed by atoms with Gasteiger partial charge in [0.25, 0.3) is 5.56 Å². The van der Waals surface area contributed by atoms with E-state index in [1.54, 1.807) is 11.1 Å². The van der Waals surface area contributed by atoms with Gasteiger partial charge in [0.05, 0.1) is 28.7 Å². The molecule has 2 amide bonds. The summed E-state index contributed by atoms with van der Waals surface area (Å²) in [6, 6.07) is 8.53. The van der Waals surface area contributed by atoms with Gasteiger partial charge in [-0.2, -0.15) is 0 Å². The number of rotatable bonds is 4. The van der Waals surface area contributed by atoms with Crippen molar-refractivity contribution in [1.29, 1.82) is 0 Å². The number of hydrogen-bond acceptors (Lipinski definition) is 4. The van der Waals surface area contributed by atoms with Gasteiger partial charge in [0.15, 0.2) is 0 Å². The molecule has 0 radical (unpaired) electrons. The van der Waals surface area contributed by atoms with Gasteiger partial charge in [-0.3, -0.25) is 19.4 Å². The Hall–Kier alpha value is -4.38. The first kappa shape index (κ1) is 23.7. The van der Waals surface area contributed by atoms with E-state index in [1.165, 1.54) is 12.1 Å². The third kappa shape index (κ3) is 4.09. The van der Waals surface area contributed by atoms with E-state index in [9.17, 15) is 9.59 Å². The summed E-state index contributed by atoms with van der Waals surface area (Å²) in [6.07, 6.45) is 7.60. The van der Waals surface area contributed by atoms with E-state index in [0.29, 0.717) is 59.9 Å². The van der Waals surface area contributed by atoms with Crippen molar-refractivity contribution in [3.63, 3.8) is 0 Å². The number of piperidine rings is 1. The minimum Gasteiger partial charge on any atom is -0.345 e. The second-order valence-electron chi connectivity index (χ2n) is 10.4. The zero-order valence-corrected chi connectivity index (χ0v) is 21.3. The fourth-order valence-corrected chi connectivity index (χ4v) is 6.03. The molecule has 1 saturated heterocycles. The van der Waals surface area contributed by atoms with Crippen LogP contribution in [-0.2, 0) is 13.1 Å². The lowest BCUT2D eigenvalue weighted by atomic mass is 9.98. The summed E-state index contributed by atoms with van der Waals surface area (Å²) in [6.45, 7) is 3.90. The second kappa shape index (κ2) is 9.42. The lowest BCUT2D eigenvalue weighted by Crippen LogP contribution is -2.43. The van der Waals surface area contributed by atoms with Crippen LogP contribution >= 0.6 is 0 Å². The molecule has 4 N–H and O–H groups in total. The van der Waals surface area contributed by atoms with Crippen molar-refractivity contribution in [3.05, 3.63) is 70.7 Å². The molecule has 4 aromatic heterocycles. The molecular formula is C28H29FN8O2. The fraction of sp³-hybridized carbons (Fsp3) is 0.321. The van der Waals surface area contributed by atoms with Crippen molar-refractivity contribution in [3.8, 4) is 22.5 Å². The summed E-state index contributed by atoms with van der Waals surface area (Å²) >= 11 is 0. The standard InChI is InChI=1S/C28H29FN8O2/c29-19-11-18-15-36(28(39)32-13-17-4-6-30-7-5-17)10-9-35-16-21(20(12-19)26(18)35)24-25(33-34-27(24)38)22-14-31-23-3-1-2-8-37(22)23/h1-3,8,11-12,14,16-17,30H,4-7,9-10,13,15H2,(H,32,39)(H2,33,34,38). The average Bonchev–Trinajstić information content (AvgIpc) is 3.61. The van der Waals surface area contributed by atoms with E-state index in [-0.39, 0.29) is 11.6 Å². The fourth-order valence-electron chi connectivity index (χ4n) is 6.03. The van der Waals surface area contributed by atoms with Crippen LogP contribution in [0.1, 0.15) is 18.4 Å². The van der Waals surface area contributed by atoms with Crippen molar-refractivity contribution >= 4 is 22.6 Å². The van der Waals surface area contributed by atoms with E-state index in [2.05, 4.69) is 25.8 Å². The van der Waals surface area contributed by atoms with Crippen LogP contribution in [0.4, 0.5) is 9.18 Å². The van der Waals surface area contributed by atoms with E-state index < -0.39 is 5.82 Å². The van der Waals surface area contributed by atoms with Crippen LogP contribution in [0.25, 0.3) is 39.1 Å². The van der Waals surface area contributed by atoms with E-state index >= 15 is 4.39 Å². The van der Waals surface area contributed by atoms with Crippen molar-refractivity contribution in [2.24, 2.45) is 5.92 Å². The van der Waals surface area contributed by atoms with Gasteiger partial charge in [0.1, 0.15) is 11.5 Å². The quantitative estimate of drug-likeness (QED) is 0.287. The van der Waals surface area contributed by atoms with Gasteiger partial charge in [-0.05, 0) is 61.7 Å². The van der Waals surface area contributed by atoms with Crippen LogP contribution < -0.4 is 16.2 Å². The van der Waals surface area contributed by atoms with Gasteiger partial charge in [0, 0.05) is 49.5 Å². The number of fused-ring (bicyclic) bond motifs is 1. The summed E-state index contributed by atoms with van der Waals surface area (Å²) in [5, 5.41) is 12.8. The Bertz CT molecular complexity index is 1760. The average molecular weight is 529 g/mol. The van der Waals surface area contributed by atoms with Gasteiger partial charge in [-0.15, -0.1) is 0 Å². The Balaban J connectivity index is 1.25. The predicted molar refractivity (Wildman–Crippen MR) is 146 cm³/mol. The molecule has 5 aromatic rings. The molecule has 0 bridgehead atoms. The number of H-pyrrole nitrogens is 2. The number of urea groups is 1. The number of pyridine rings is 1. The Morgan fingerprint density at radius 3 is 2.90 bits per heavy atom. The van der Waals surface area contributed by atoms with Gasteiger partial charge in [0.2, 0.25) is 0 Å². The highest BCUT2D eigenvalue weighted by molar-refractivity contribution is 6.00. The number of hydrogen-bond donors (Lipinski definition) is 4. The highest BCUT2D eigenvalue weighted by Crippen LogP contribution is 2.37. The number of carbonyl (C=O) groups is 1. The van der Waals surface area contributed by atoms with Crippen LogP contribution in [0.3, 0.4) is 0 Å². The predicted octanol–water partition coefficient (Wildman–Crippen LogP) is 3.30. The maximum absolute atomic E-state index is 15.0. The second-order valence-corrected chi connectivity index (χ2v) is 10.4. The molecule has 0 unspecified atom stereocenters. The Morgan fingerprint density at radius 2 is 2.03 bits per heavy atom. The van der Waals surface area contributed by atoms with Crippen LogP contribution in [0.5, 0.6) is 0 Å². The molecule has 2 aliphatic rings. The Morgan fingerprint density at radius 1 is 1.15 bits per heavy atom. The minimum atomic E-state index is -0.406. The zero-order valence-electron chi connectivity index (χ0n) is 21.3. The number of halogens is 1. The van der Waals surface area contributed by atoms with Crippen molar-refractivity contribution in [2.45, 2.75) is 25.9 Å². The molecule has 0 saturated carbocycles. The summed E-state index contributed by atoms with van der Waals surface area (Å²) in [7, 11) is 0. The molecule has 2 aliphatic heterocycles. The molecule has 7 rings (SSSR count). The minimum absolute atomic E-state index is 0.131. The lowest BCUT2D eigenvalue weighted by molar-refractivity contribution is 0.191. The topological polar surface area (TPSA) is 115 Å². The largest absolute Gasteiger partial charge is 0.345 e.